The molecular weight excluding hydrogens is 385 g/mol. The fourth-order valence-corrected chi connectivity index (χ4v) is 4.79. The van der Waals surface area contributed by atoms with Gasteiger partial charge in [-0.15, -0.1) is 0 Å². The van der Waals surface area contributed by atoms with Crippen molar-refractivity contribution in [3.05, 3.63) is 12.2 Å². The Labute approximate surface area is 180 Å². The topological polar surface area (TPSA) is 77.8 Å². The van der Waals surface area contributed by atoms with E-state index in [1.807, 2.05) is 21.1 Å². The second kappa shape index (κ2) is 15.6. The van der Waals surface area contributed by atoms with Gasteiger partial charge in [-0.2, -0.15) is 0 Å². The molecule has 0 aromatic rings. The average molecular weight is 435 g/mol. The molecule has 0 radical (unpaired) electrons. The van der Waals surface area contributed by atoms with Crippen LogP contribution in [0.4, 0.5) is 0 Å². The van der Waals surface area contributed by atoms with E-state index in [1.165, 1.54) is 57.8 Å². The zero-order valence-corrected chi connectivity index (χ0v) is 20.5. The van der Waals surface area contributed by atoms with Crippen molar-refractivity contribution in [1.29, 1.82) is 0 Å². The lowest BCUT2D eigenvalue weighted by atomic mass is 10.1. The summed E-state index contributed by atoms with van der Waals surface area (Å²) >= 11 is 0. The number of aliphatic hydroxyl groups is 1. The Hall–Kier alpha value is -0.190. The summed E-state index contributed by atoms with van der Waals surface area (Å²) in [6.07, 6.45) is 21.5. The van der Waals surface area contributed by atoms with Gasteiger partial charge in [0.2, 0.25) is 5.34 Å². The van der Waals surface area contributed by atoms with Crippen LogP contribution in [0.5, 0.6) is 0 Å². The highest BCUT2D eigenvalue weighted by Crippen LogP contribution is 2.52. The number of nitrogens with zero attached hydrogens (tertiary/aromatic N) is 1. The largest absolute Gasteiger partial charge is 0.373 e. The molecule has 0 rings (SSSR count). The molecule has 0 aliphatic carbocycles. The molecule has 1 atom stereocenters. The summed E-state index contributed by atoms with van der Waals surface area (Å²) in [4.78, 5) is 19.1. The van der Waals surface area contributed by atoms with E-state index < -0.39 is 12.9 Å². The molecule has 0 heterocycles. The van der Waals surface area contributed by atoms with E-state index >= 15 is 0 Å². The molecule has 5 nitrogen and oxygen atoms in total. The maximum Gasteiger partial charge on any atom is 0.362 e. The lowest BCUT2D eigenvalue weighted by Crippen LogP contribution is -2.49. The van der Waals surface area contributed by atoms with E-state index in [9.17, 15) is 19.5 Å². The van der Waals surface area contributed by atoms with Gasteiger partial charge in [-0.25, -0.2) is 0 Å². The van der Waals surface area contributed by atoms with Gasteiger partial charge in [-0.1, -0.05) is 76.9 Å². The van der Waals surface area contributed by atoms with Crippen molar-refractivity contribution < 1.29 is 23.9 Å². The summed E-state index contributed by atoms with van der Waals surface area (Å²) in [7, 11) is 0.956. The first-order valence-corrected chi connectivity index (χ1v) is 13.4. The minimum Gasteiger partial charge on any atom is -0.373 e. The van der Waals surface area contributed by atoms with Gasteiger partial charge in [0.15, 0.2) is 0 Å². The van der Waals surface area contributed by atoms with E-state index in [2.05, 4.69) is 19.1 Å². The van der Waals surface area contributed by atoms with Crippen molar-refractivity contribution in [2.75, 3.05) is 27.7 Å². The van der Waals surface area contributed by atoms with Crippen LogP contribution in [0.3, 0.4) is 0 Å². The predicted molar refractivity (Wildman–Crippen MR) is 124 cm³/mol. The summed E-state index contributed by atoms with van der Waals surface area (Å²) in [5.74, 6) is 0. The summed E-state index contributed by atoms with van der Waals surface area (Å²) in [5.41, 5.74) is 0. The molecular formula is C23H49NO4P+. The van der Waals surface area contributed by atoms with E-state index in [0.717, 1.165) is 25.7 Å². The molecule has 174 valence electrons. The van der Waals surface area contributed by atoms with Crippen molar-refractivity contribution in [2.24, 2.45) is 0 Å². The highest BCUT2D eigenvalue weighted by atomic mass is 31.2. The predicted octanol–water partition coefficient (Wildman–Crippen LogP) is 5.99. The third kappa shape index (κ3) is 16.2. The van der Waals surface area contributed by atoms with Gasteiger partial charge >= 0.3 is 7.60 Å². The first kappa shape index (κ1) is 28.8. The summed E-state index contributed by atoms with van der Waals surface area (Å²) in [6.45, 7) is 2.31. The van der Waals surface area contributed by atoms with Gasteiger partial charge in [-0.05, 0) is 38.5 Å². The minimum absolute atomic E-state index is 0.0543. The number of likely N-dealkylation sites (N-methyl/N-ethyl adjacent to an activating group) is 1. The summed E-state index contributed by atoms with van der Waals surface area (Å²) in [5, 5.41) is 8.59. The van der Waals surface area contributed by atoms with Crippen LogP contribution >= 0.6 is 7.60 Å². The van der Waals surface area contributed by atoms with Crippen molar-refractivity contribution in [1.82, 2.24) is 0 Å². The number of rotatable bonds is 19. The SMILES string of the molecule is CCCCCCCCCC/C=C/CCCCCCC(O)(C[N+](C)(C)C)P(=O)(O)O. The molecule has 0 aromatic carbocycles. The molecule has 0 saturated carbocycles. The van der Waals surface area contributed by atoms with E-state index in [-0.39, 0.29) is 13.0 Å². The van der Waals surface area contributed by atoms with Gasteiger partial charge in [0.1, 0.15) is 6.54 Å². The second-order valence-corrected chi connectivity index (χ2v) is 11.6. The third-order valence-electron chi connectivity index (χ3n) is 5.36. The van der Waals surface area contributed by atoms with Crippen LogP contribution in [0, 0.1) is 0 Å². The second-order valence-electron chi connectivity index (χ2n) is 9.66. The van der Waals surface area contributed by atoms with Crippen LogP contribution in [0.1, 0.15) is 103 Å². The molecule has 0 fully saturated rings. The average Bonchev–Trinajstić information content (AvgIpc) is 2.59. The number of hydrogen-bond acceptors (Lipinski definition) is 2. The fraction of sp³-hybridized carbons (Fsp3) is 0.913. The Morgan fingerprint density at radius 2 is 1.17 bits per heavy atom. The van der Waals surface area contributed by atoms with Crippen LogP contribution < -0.4 is 0 Å². The maximum atomic E-state index is 11.7. The molecule has 0 aliphatic rings. The maximum absolute atomic E-state index is 11.7. The first-order chi connectivity index (χ1) is 13.5. The molecule has 0 aliphatic heterocycles. The van der Waals surface area contributed by atoms with Gasteiger partial charge in [-0.3, -0.25) is 4.57 Å². The Morgan fingerprint density at radius 1 is 0.759 bits per heavy atom. The van der Waals surface area contributed by atoms with Crippen molar-refractivity contribution >= 4 is 7.60 Å². The minimum atomic E-state index is -4.55. The van der Waals surface area contributed by atoms with Crippen LogP contribution in [0.25, 0.3) is 0 Å². The molecule has 0 bridgehead atoms. The molecule has 0 amide bonds. The molecule has 1 unspecified atom stereocenters. The Bertz CT molecular complexity index is 470. The van der Waals surface area contributed by atoms with Gasteiger partial charge in [0.05, 0.1) is 21.1 Å². The van der Waals surface area contributed by atoms with Gasteiger partial charge in [0, 0.05) is 0 Å². The number of unbranched alkanes of at least 4 members (excludes halogenated alkanes) is 12. The Balaban J connectivity index is 3.73. The summed E-state index contributed by atoms with van der Waals surface area (Å²) < 4.78 is 12.1. The lowest BCUT2D eigenvalue weighted by molar-refractivity contribution is -0.875. The third-order valence-corrected chi connectivity index (χ3v) is 6.81. The number of allylic oxidation sites excluding steroid dienone is 2. The lowest BCUT2D eigenvalue weighted by Gasteiger charge is -2.35. The van der Waals surface area contributed by atoms with Crippen LogP contribution in [0.2, 0.25) is 0 Å². The Kier molecular flexibility index (Phi) is 15.5. The molecule has 6 heteroatoms. The molecule has 29 heavy (non-hydrogen) atoms. The highest BCUT2D eigenvalue weighted by Gasteiger charge is 2.48. The van der Waals surface area contributed by atoms with E-state index in [0.29, 0.717) is 10.9 Å². The van der Waals surface area contributed by atoms with Crippen LogP contribution in [0.15, 0.2) is 12.2 Å². The molecule has 3 N–H and O–H groups in total. The van der Waals surface area contributed by atoms with Crippen LogP contribution in [-0.4, -0.2) is 52.4 Å². The van der Waals surface area contributed by atoms with Crippen molar-refractivity contribution in [3.8, 4) is 0 Å². The quantitative estimate of drug-likeness (QED) is 0.101. The summed E-state index contributed by atoms with van der Waals surface area (Å²) in [6, 6.07) is 0. The van der Waals surface area contributed by atoms with Gasteiger partial charge < -0.3 is 19.4 Å². The zero-order chi connectivity index (χ0) is 22.2. The van der Waals surface area contributed by atoms with E-state index in [1.54, 1.807) is 0 Å². The monoisotopic (exact) mass is 434 g/mol. The highest BCUT2D eigenvalue weighted by molar-refractivity contribution is 7.53. The van der Waals surface area contributed by atoms with E-state index in [4.69, 9.17) is 0 Å². The fourth-order valence-electron chi connectivity index (χ4n) is 3.73. The van der Waals surface area contributed by atoms with Gasteiger partial charge in [0.25, 0.3) is 0 Å². The molecule has 0 spiro atoms. The first-order valence-electron chi connectivity index (χ1n) is 11.8. The van der Waals surface area contributed by atoms with Crippen molar-refractivity contribution in [3.63, 3.8) is 0 Å². The smallest absolute Gasteiger partial charge is 0.362 e. The number of quaternary nitrogens is 1. The number of hydrogen-bond donors (Lipinski definition) is 3. The Morgan fingerprint density at radius 3 is 1.59 bits per heavy atom. The van der Waals surface area contributed by atoms with Crippen molar-refractivity contribution in [2.45, 2.75) is 109 Å². The zero-order valence-electron chi connectivity index (χ0n) is 19.6. The van der Waals surface area contributed by atoms with Crippen LogP contribution in [-0.2, 0) is 4.57 Å². The standard InChI is InChI=1S/C23H48NO4P/c1-5-6-7-8-9-10-11-12-13-14-15-16-17-18-19-20-21-23(25,29(26,27)28)22-24(2,3)4/h14-15,25H,5-13,16-22H2,1-4H3,(H-,26,27,28)/p+1/b15-14+. The molecule has 0 saturated heterocycles. The normalized spacial score (nSPS) is 15.1. The molecule has 0 aromatic heterocycles.